The summed E-state index contributed by atoms with van der Waals surface area (Å²) in [6.07, 6.45) is 0. The van der Waals surface area contributed by atoms with Gasteiger partial charge in [0.2, 0.25) is 0 Å². The van der Waals surface area contributed by atoms with E-state index < -0.39 is 69.2 Å². The third kappa shape index (κ3) is 5.17. The summed E-state index contributed by atoms with van der Waals surface area (Å²) in [6, 6.07) is 9.93. The summed E-state index contributed by atoms with van der Waals surface area (Å²) < 4.78 is 10.9. The van der Waals surface area contributed by atoms with Crippen molar-refractivity contribution >= 4 is 29.8 Å². The van der Waals surface area contributed by atoms with E-state index in [-0.39, 0.29) is 11.5 Å². The smallest absolute Gasteiger partial charge is 0.340 e. The summed E-state index contributed by atoms with van der Waals surface area (Å²) in [5.41, 5.74) is -2.93. The molecule has 5 N–H and O–H groups in total. The van der Waals surface area contributed by atoms with Crippen LogP contribution in [0.3, 0.4) is 0 Å². The fourth-order valence-electron chi connectivity index (χ4n) is 3.10. The van der Waals surface area contributed by atoms with Crippen LogP contribution in [0.5, 0.6) is 23.0 Å². The van der Waals surface area contributed by atoms with E-state index in [2.05, 4.69) is 0 Å². The van der Waals surface area contributed by atoms with Crippen LogP contribution in [-0.2, 0) is 0 Å². The lowest BCUT2D eigenvalue weighted by molar-refractivity contribution is 0.0648. The summed E-state index contributed by atoms with van der Waals surface area (Å²) in [7, 11) is 0. The number of hydrogen-bond donors (Lipinski definition) is 5. The lowest BCUT2D eigenvalue weighted by Gasteiger charge is -2.14. The van der Waals surface area contributed by atoms with Crippen LogP contribution in [0.15, 0.2) is 54.6 Å². The molecule has 3 aromatic rings. The maximum Gasteiger partial charge on any atom is 0.340 e. The van der Waals surface area contributed by atoms with Crippen LogP contribution < -0.4 is 9.47 Å². The standard InChI is InChI=1S/C23H14O12/c24-19(25)10-7-11(34-15-5-1-3-13(20(26)27)17(15)22(30)31)9-12(8-10)35-16-6-2-4-14(21(28)29)18(16)23(32)33/h1-9H,(H,24,25)(H,26,27)(H,28,29)(H,30,31)(H,32,33). The molecule has 0 saturated carbocycles. The van der Waals surface area contributed by atoms with Crippen LogP contribution in [-0.4, -0.2) is 55.4 Å². The summed E-state index contributed by atoms with van der Waals surface area (Å²) in [5, 5.41) is 46.8. The molecular formula is C23H14O12. The molecule has 0 spiro atoms. The Balaban J connectivity index is 2.11. The second kappa shape index (κ2) is 9.62. The largest absolute Gasteiger partial charge is 0.478 e. The van der Waals surface area contributed by atoms with Crippen LogP contribution in [0.2, 0.25) is 0 Å². The van der Waals surface area contributed by atoms with Gasteiger partial charge in [0.25, 0.3) is 0 Å². The summed E-state index contributed by atoms with van der Waals surface area (Å²) >= 11 is 0. The topological polar surface area (TPSA) is 205 Å². The molecule has 0 aliphatic carbocycles. The minimum absolute atomic E-state index is 0.281. The van der Waals surface area contributed by atoms with Gasteiger partial charge in [0.05, 0.1) is 16.7 Å². The number of ether oxygens (including phenoxy) is 2. The van der Waals surface area contributed by atoms with E-state index in [1.54, 1.807) is 0 Å². The molecule has 0 radical (unpaired) electrons. The SMILES string of the molecule is O=C(O)c1cc(Oc2cccc(C(=O)O)c2C(=O)O)cc(Oc2cccc(C(=O)O)c2C(=O)O)c1. The number of carboxylic acids is 5. The fourth-order valence-corrected chi connectivity index (χ4v) is 3.10. The minimum atomic E-state index is -1.61. The molecular weight excluding hydrogens is 468 g/mol. The Kier molecular flexibility index (Phi) is 6.67. The van der Waals surface area contributed by atoms with E-state index >= 15 is 0 Å². The first-order valence-corrected chi connectivity index (χ1v) is 9.43. The van der Waals surface area contributed by atoms with Crippen molar-refractivity contribution in [2.45, 2.75) is 0 Å². The van der Waals surface area contributed by atoms with Crippen molar-refractivity contribution in [3.63, 3.8) is 0 Å². The maximum atomic E-state index is 11.6. The van der Waals surface area contributed by atoms with E-state index in [0.717, 1.165) is 42.5 Å². The zero-order valence-corrected chi connectivity index (χ0v) is 17.3. The number of aromatic carboxylic acids is 5. The highest BCUT2D eigenvalue weighted by Gasteiger charge is 2.24. The number of carboxylic acid groups (broad SMARTS) is 5. The minimum Gasteiger partial charge on any atom is -0.478 e. The van der Waals surface area contributed by atoms with Crippen molar-refractivity contribution in [1.82, 2.24) is 0 Å². The van der Waals surface area contributed by atoms with Crippen molar-refractivity contribution in [3.8, 4) is 23.0 Å². The van der Waals surface area contributed by atoms with Crippen molar-refractivity contribution < 1.29 is 59.0 Å². The maximum absolute atomic E-state index is 11.6. The van der Waals surface area contributed by atoms with Crippen molar-refractivity contribution in [2.24, 2.45) is 0 Å². The van der Waals surface area contributed by atoms with Gasteiger partial charge in [-0.3, -0.25) is 0 Å². The predicted molar refractivity (Wildman–Crippen MR) is 114 cm³/mol. The van der Waals surface area contributed by atoms with Gasteiger partial charge >= 0.3 is 29.8 Å². The molecule has 0 amide bonds. The lowest BCUT2D eigenvalue weighted by Crippen LogP contribution is -2.10. The Labute approximate surface area is 194 Å². The zero-order valence-electron chi connectivity index (χ0n) is 17.3. The zero-order chi connectivity index (χ0) is 25.9. The fraction of sp³-hybridized carbons (Fsp3) is 0. The van der Waals surface area contributed by atoms with Crippen molar-refractivity contribution in [2.75, 3.05) is 0 Å². The number of rotatable bonds is 9. The van der Waals surface area contributed by atoms with Gasteiger partial charge < -0.3 is 35.0 Å². The number of carbonyl (C=O) groups is 5. The molecule has 0 bridgehead atoms. The van der Waals surface area contributed by atoms with Gasteiger partial charge in [-0.05, 0) is 36.4 Å². The quantitative estimate of drug-likeness (QED) is 0.296. The molecule has 0 atom stereocenters. The van der Waals surface area contributed by atoms with Crippen LogP contribution in [0, 0.1) is 0 Å². The Morgan fingerprint density at radius 3 is 1.23 bits per heavy atom. The normalized spacial score (nSPS) is 10.3. The number of hydrogen-bond acceptors (Lipinski definition) is 7. The first kappa shape index (κ1) is 24.3. The molecule has 3 rings (SSSR count). The van der Waals surface area contributed by atoms with Crippen LogP contribution >= 0.6 is 0 Å². The van der Waals surface area contributed by atoms with Crippen molar-refractivity contribution in [1.29, 1.82) is 0 Å². The molecule has 12 nitrogen and oxygen atoms in total. The van der Waals surface area contributed by atoms with Gasteiger partial charge in [-0.25, -0.2) is 24.0 Å². The first-order chi connectivity index (χ1) is 16.5. The molecule has 3 aromatic carbocycles. The summed E-state index contributed by atoms with van der Waals surface area (Å²) in [5.74, 6) is -9.12. The Bertz CT molecular complexity index is 1290. The van der Waals surface area contributed by atoms with Crippen LogP contribution in [0.25, 0.3) is 0 Å². The number of benzene rings is 3. The average Bonchev–Trinajstić information content (AvgIpc) is 2.78. The second-order valence-electron chi connectivity index (χ2n) is 6.78. The predicted octanol–water partition coefficient (Wildman–Crippen LogP) is 3.76. The van der Waals surface area contributed by atoms with E-state index in [9.17, 15) is 49.5 Å². The van der Waals surface area contributed by atoms with E-state index in [4.69, 9.17) is 9.47 Å². The molecule has 0 saturated heterocycles. The Morgan fingerprint density at radius 1 is 0.514 bits per heavy atom. The Morgan fingerprint density at radius 2 is 0.914 bits per heavy atom. The van der Waals surface area contributed by atoms with Gasteiger partial charge in [0, 0.05) is 6.07 Å². The third-order valence-electron chi connectivity index (χ3n) is 4.52. The second-order valence-corrected chi connectivity index (χ2v) is 6.78. The first-order valence-electron chi connectivity index (χ1n) is 9.43. The molecule has 0 aliphatic rings. The Hall–Kier alpha value is -5.39. The van der Waals surface area contributed by atoms with E-state index in [1.807, 2.05) is 0 Å². The van der Waals surface area contributed by atoms with Gasteiger partial charge in [-0.2, -0.15) is 0 Å². The summed E-state index contributed by atoms with van der Waals surface area (Å²) in [6.45, 7) is 0. The molecule has 0 fully saturated rings. The highest BCUT2D eigenvalue weighted by Crippen LogP contribution is 2.34. The molecule has 0 heterocycles. The van der Waals surface area contributed by atoms with E-state index in [1.165, 1.54) is 12.1 Å². The van der Waals surface area contributed by atoms with Gasteiger partial charge in [-0.15, -0.1) is 0 Å². The lowest BCUT2D eigenvalue weighted by atomic mass is 10.1. The monoisotopic (exact) mass is 482 g/mol. The molecule has 12 heteroatoms. The van der Waals surface area contributed by atoms with Gasteiger partial charge in [0.1, 0.15) is 34.1 Å². The molecule has 178 valence electrons. The van der Waals surface area contributed by atoms with Crippen LogP contribution in [0.1, 0.15) is 51.8 Å². The van der Waals surface area contributed by atoms with E-state index in [0.29, 0.717) is 0 Å². The molecule has 0 aliphatic heterocycles. The van der Waals surface area contributed by atoms with Gasteiger partial charge in [0.15, 0.2) is 0 Å². The highest BCUT2D eigenvalue weighted by molar-refractivity contribution is 6.04. The third-order valence-corrected chi connectivity index (χ3v) is 4.52. The molecule has 35 heavy (non-hydrogen) atoms. The molecule has 0 unspecified atom stereocenters. The average molecular weight is 482 g/mol. The van der Waals surface area contributed by atoms with Gasteiger partial charge in [-0.1, -0.05) is 12.1 Å². The van der Waals surface area contributed by atoms with Crippen LogP contribution in [0.4, 0.5) is 0 Å². The molecule has 0 aromatic heterocycles. The summed E-state index contributed by atoms with van der Waals surface area (Å²) in [4.78, 5) is 57.7. The highest BCUT2D eigenvalue weighted by atomic mass is 16.5. The van der Waals surface area contributed by atoms with Crippen molar-refractivity contribution in [3.05, 3.63) is 82.4 Å².